The number of alkyl halides is 3. The molecule has 0 aliphatic heterocycles. The molecule has 1 rings (SSSR count). The lowest BCUT2D eigenvalue weighted by molar-refractivity contribution is -0.126. The van der Waals surface area contributed by atoms with Gasteiger partial charge in [0.05, 0.1) is 0 Å². The monoisotopic (exact) mass is 345 g/mol. The molecule has 1 atom stereocenters. The summed E-state index contributed by atoms with van der Waals surface area (Å²) in [5.41, 5.74) is 0.820. The van der Waals surface area contributed by atoms with E-state index in [-0.39, 0.29) is 6.61 Å². The van der Waals surface area contributed by atoms with Crippen LogP contribution in [0.15, 0.2) is 18.2 Å². The van der Waals surface area contributed by atoms with Crippen LogP contribution in [0.25, 0.3) is 0 Å². The van der Waals surface area contributed by atoms with Gasteiger partial charge in [-0.2, -0.15) is 0 Å². The van der Waals surface area contributed by atoms with Crippen molar-refractivity contribution in [2.24, 2.45) is 0 Å². The average Bonchev–Trinajstić information content (AvgIpc) is 2.29. The van der Waals surface area contributed by atoms with Crippen LogP contribution in [0.2, 0.25) is 5.02 Å². The van der Waals surface area contributed by atoms with Gasteiger partial charge < -0.3 is 15.2 Å². The van der Waals surface area contributed by atoms with Gasteiger partial charge in [0.25, 0.3) is 5.91 Å². The van der Waals surface area contributed by atoms with Crippen molar-refractivity contribution in [2.45, 2.75) is 16.9 Å². The first kappa shape index (κ1) is 16.7. The van der Waals surface area contributed by atoms with Gasteiger partial charge in [-0.1, -0.05) is 46.4 Å². The summed E-state index contributed by atoms with van der Waals surface area (Å²) in [6, 6.07) is 4.95. The van der Waals surface area contributed by atoms with E-state index >= 15 is 0 Å². The maximum absolute atomic E-state index is 11.4. The Morgan fingerprint density at radius 1 is 1.47 bits per heavy atom. The van der Waals surface area contributed by atoms with Crippen molar-refractivity contribution in [3.05, 3.63) is 28.8 Å². The zero-order valence-electron chi connectivity index (χ0n) is 9.79. The molecule has 0 radical (unpaired) electrons. The zero-order valence-corrected chi connectivity index (χ0v) is 12.8. The largest absolute Gasteiger partial charge is 0.484 e. The number of benzene rings is 1. The van der Waals surface area contributed by atoms with Crippen LogP contribution in [0.1, 0.15) is 5.56 Å². The summed E-state index contributed by atoms with van der Waals surface area (Å²) in [4.78, 5) is 11.4. The molecule has 19 heavy (non-hydrogen) atoms. The van der Waals surface area contributed by atoms with Crippen LogP contribution < -0.4 is 10.1 Å². The second-order valence-electron chi connectivity index (χ2n) is 3.71. The van der Waals surface area contributed by atoms with E-state index in [0.29, 0.717) is 10.8 Å². The molecule has 0 aliphatic rings. The molecule has 0 aromatic heterocycles. The number of aliphatic hydroxyl groups excluding tert-OH is 1. The Balaban J connectivity index is 2.48. The summed E-state index contributed by atoms with van der Waals surface area (Å²) in [7, 11) is 0. The number of halogens is 4. The standard InChI is InChI=1S/C11H11Cl4NO3/c1-6-4-7(2-3-8(6)12)19-5-9(17)16-10(18)11(13,14)15/h2-4,10,18H,5H2,1H3,(H,16,17)/t10-/m1/s1. The van der Waals surface area contributed by atoms with Gasteiger partial charge in [-0.25, -0.2) is 0 Å². The molecule has 8 heteroatoms. The minimum atomic E-state index is -1.99. The number of carbonyl (C=O) groups excluding carboxylic acids is 1. The summed E-state index contributed by atoms with van der Waals surface area (Å²) in [5.74, 6) is -0.146. The van der Waals surface area contributed by atoms with E-state index in [1.165, 1.54) is 0 Å². The molecule has 0 aliphatic carbocycles. The first-order valence-electron chi connectivity index (χ1n) is 5.13. The molecule has 0 spiro atoms. The minimum Gasteiger partial charge on any atom is -0.484 e. The number of rotatable bonds is 4. The van der Waals surface area contributed by atoms with Gasteiger partial charge in [0.1, 0.15) is 5.75 Å². The summed E-state index contributed by atoms with van der Waals surface area (Å²) in [5, 5.41) is 12.0. The maximum Gasteiger partial charge on any atom is 0.260 e. The molecule has 1 aromatic rings. The van der Waals surface area contributed by atoms with Crippen molar-refractivity contribution < 1.29 is 14.6 Å². The minimum absolute atomic E-state index is 0.321. The summed E-state index contributed by atoms with van der Waals surface area (Å²) in [6.45, 7) is 1.49. The van der Waals surface area contributed by atoms with Crippen molar-refractivity contribution >= 4 is 52.3 Å². The van der Waals surface area contributed by atoms with Gasteiger partial charge in [0.15, 0.2) is 12.8 Å². The maximum atomic E-state index is 11.4. The molecule has 0 fully saturated rings. The third kappa shape index (κ3) is 5.63. The number of carbonyl (C=O) groups is 1. The molecule has 106 valence electrons. The molecule has 2 N–H and O–H groups in total. The fourth-order valence-corrected chi connectivity index (χ4v) is 1.41. The summed E-state index contributed by atoms with van der Waals surface area (Å²) < 4.78 is 3.21. The molecule has 1 amide bonds. The zero-order chi connectivity index (χ0) is 14.6. The smallest absolute Gasteiger partial charge is 0.260 e. The molecule has 0 saturated carbocycles. The number of amides is 1. The van der Waals surface area contributed by atoms with E-state index in [1.54, 1.807) is 18.2 Å². The Hall–Kier alpha value is -0.390. The molecular weight excluding hydrogens is 336 g/mol. The first-order valence-corrected chi connectivity index (χ1v) is 6.64. The Bertz CT molecular complexity index is 462. The Kier molecular flexibility index (Phi) is 6.02. The van der Waals surface area contributed by atoms with Crippen LogP contribution in [0.3, 0.4) is 0 Å². The summed E-state index contributed by atoms with van der Waals surface area (Å²) >= 11 is 22.0. The second kappa shape index (κ2) is 6.86. The van der Waals surface area contributed by atoms with E-state index in [9.17, 15) is 9.90 Å². The predicted molar refractivity (Wildman–Crippen MR) is 76.1 cm³/mol. The van der Waals surface area contributed by atoms with Crippen molar-refractivity contribution in [1.29, 1.82) is 0 Å². The van der Waals surface area contributed by atoms with E-state index in [0.717, 1.165) is 5.56 Å². The lowest BCUT2D eigenvalue weighted by atomic mass is 10.2. The number of nitrogens with one attached hydrogen (secondary N) is 1. The van der Waals surface area contributed by atoms with E-state index in [2.05, 4.69) is 5.32 Å². The molecule has 1 aromatic carbocycles. The third-order valence-corrected chi connectivity index (χ3v) is 3.15. The van der Waals surface area contributed by atoms with E-state index in [1.807, 2.05) is 6.92 Å². The molecule has 4 nitrogen and oxygen atoms in total. The number of ether oxygens (including phenoxy) is 1. The molecule has 0 bridgehead atoms. The van der Waals surface area contributed by atoms with Gasteiger partial charge in [-0.15, -0.1) is 0 Å². The molecular formula is C11H11Cl4NO3. The molecule has 0 heterocycles. The topological polar surface area (TPSA) is 58.6 Å². The van der Waals surface area contributed by atoms with Gasteiger partial charge in [0, 0.05) is 5.02 Å². The Morgan fingerprint density at radius 2 is 2.11 bits per heavy atom. The number of hydrogen-bond acceptors (Lipinski definition) is 3. The quantitative estimate of drug-likeness (QED) is 0.651. The van der Waals surface area contributed by atoms with E-state index in [4.69, 9.17) is 51.1 Å². The number of aryl methyl sites for hydroxylation is 1. The van der Waals surface area contributed by atoms with Gasteiger partial charge in [-0.05, 0) is 30.7 Å². The van der Waals surface area contributed by atoms with E-state index < -0.39 is 15.9 Å². The van der Waals surface area contributed by atoms with Crippen LogP contribution in [-0.2, 0) is 4.79 Å². The number of aliphatic hydroxyl groups is 1. The molecule has 0 saturated heterocycles. The lowest BCUT2D eigenvalue weighted by Crippen LogP contribution is -2.45. The highest BCUT2D eigenvalue weighted by Crippen LogP contribution is 2.28. The highest BCUT2D eigenvalue weighted by molar-refractivity contribution is 6.68. The normalized spacial score (nSPS) is 12.9. The van der Waals surface area contributed by atoms with Crippen molar-refractivity contribution in [1.82, 2.24) is 5.32 Å². The van der Waals surface area contributed by atoms with Crippen LogP contribution in [0.4, 0.5) is 0 Å². The average molecular weight is 347 g/mol. The van der Waals surface area contributed by atoms with Crippen LogP contribution in [-0.4, -0.2) is 27.6 Å². The van der Waals surface area contributed by atoms with Crippen molar-refractivity contribution in [3.8, 4) is 5.75 Å². The SMILES string of the molecule is Cc1cc(OCC(=O)N[C@H](O)C(Cl)(Cl)Cl)ccc1Cl. The van der Waals surface area contributed by atoms with Gasteiger partial charge in [0.2, 0.25) is 3.79 Å². The summed E-state index contributed by atoms with van der Waals surface area (Å²) in [6.07, 6.45) is -1.61. The first-order chi connectivity index (χ1) is 8.70. The predicted octanol–water partition coefficient (Wildman–Crippen LogP) is 2.83. The molecule has 0 unspecified atom stereocenters. The highest BCUT2D eigenvalue weighted by atomic mass is 35.6. The lowest BCUT2D eigenvalue weighted by Gasteiger charge is -2.19. The fourth-order valence-electron chi connectivity index (χ4n) is 1.13. The van der Waals surface area contributed by atoms with Crippen LogP contribution in [0.5, 0.6) is 5.75 Å². The van der Waals surface area contributed by atoms with Crippen molar-refractivity contribution in [2.75, 3.05) is 6.61 Å². The van der Waals surface area contributed by atoms with Crippen LogP contribution >= 0.6 is 46.4 Å². The van der Waals surface area contributed by atoms with Gasteiger partial charge in [-0.3, -0.25) is 4.79 Å². The van der Waals surface area contributed by atoms with Crippen molar-refractivity contribution in [3.63, 3.8) is 0 Å². The van der Waals surface area contributed by atoms with Crippen LogP contribution in [0, 0.1) is 6.92 Å². The third-order valence-electron chi connectivity index (χ3n) is 2.11. The Morgan fingerprint density at radius 3 is 2.63 bits per heavy atom. The highest BCUT2D eigenvalue weighted by Gasteiger charge is 2.32. The fraction of sp³-hybridized carbons (Fsp3) is 0.364. The number of hydrogen-bond donors (Lipinski definition) is 2. The van der Waals surface area contributed by atoms with Gasteiger partial charge >= 0.3 is 0 Å². The Labute approximate surface area is 130 Å². The second-order valence-corrected chi connectivity index (χ2v) is 6.49.